The lowest BCUT2D eigenvalue weighted by Gasteiger charge is -2.17. The summed E-state index contributed by atoms with van der Waals surface area (Å²) in [6.45, 7) is 6.45. The van der Waals surface area contributed by atoms with Crippen LogP contribution < -0.4 is 10.1 Å². The number of ether oxygens (including phenoxy) is 1. The summed E-state index contributed by atoms with van der Waals surface area (Å²) in [5.41, 5.74) is 0. The second-order valence-corrected chi connectivity index (χ2v) is 7.47. The molecule has 0 aliphatic carbocycles. The summed E-state index contributed by atoms with van der Waals surface area (Å²) >= 11 is 7.21. The van der Waals surface area contributed by atoms with E-state index in [0.29, 0.717) is 40.0 Å². The van der Waals surface area contributed by atoms with Crippen LogP contribution in [0.15, 0.2) is 29.4 Å². The van der Waals surface area contributed by atoms with Crippen molar-refractivity contribution in [3.05, 3.63) is 35.1 Å². The van der Waals surface area contributed by atoms with Gasteiger partial charge >= 0.3 is 0 Å². The maximum absolute atomic E-state index is 12.0. The highest BCUT2D eigenvalue weighted by Gasteiger charge is 2.14. The van der Waals surface area contributed by atoms with Crippen LogP contribution in [0.4, 0.5) is 0 Å². The van der Waals surface area contributed by atoms with E-state index in [-0.39, 0.29) is 11.9 Å². The molecule has 1 atom stereocenters. The molecule has 136 valence electrons. The van der Waals surface area contributed by atoms with Crippen LogP contribution in [0.2, 0.25) is 5.02 Å². The fourth-order valence-corrected chi connectivity index (χ4v) is 2.73. The monoisotopic (exact) mass is 382 g/mol. The van der Waals surface area contributed by atoms with Crippen molar-refractivity contribution in [2.45, 2.75) is 38.6 Å². The summed E-state index contributed by atoms with van der Waals surface area (Å²) in [5.74, 6) is 2.10. The number of nitrogens with one attached hydrogen (secondary N) is 1. The number of hydrogen-bond acceptors (Lipinski definition) is 5. The predicted octanol–water partition coefficient (Wildman–Crippen LogP) is 3.30. The van der Waals surface area contributed by atoms with Crippen molar-refractivity contribution < 1.29 is 9.53 Å². The van der Waals surface area contributed by atoms with Crippen LogP contribution in [0.5, 0.6) is 5.75 Å². The summed E-state index contributed by atoms with van der Waals surface area (Å²) < 4.78 is 7.51. The predicted molar refractivity (Wildman–Crippen MR) is 100.0 cm³/mol. The van der Waals surface area contributed by atoms with Gasteiger partial charge in [-0.3, -0.25) is 4.79 Å². The van der Waals surface area contributed by atoms with Crippen molar-refractivity contribution in [3.63, 3.8) is 0 Å². The summed E-state index contributed by atoms with van der Waals surface area (Å²) in [5, 5.41) is 12.6. The summed E-state index contributed by atoms with van der Waals surface area (Å²) in [6.07, 6.45) is 0. The third kappa shape index (κ3) is 5.93. The molecule has 0 aliphatic heterocycles. The SMILES string of the molecule is CC(C)[C@H](C)NC(=O)CSc1nnc(COc2ccc(Cl)cc2)n1C. The Morgan fingerprint density at radius 3 is 2.60 bits per heavy atom. The van der Waals surface area contributed by atoms with Crippen LogP contribution in [-0.2, 0) is 18.4 Å². The minimum absolute atomic E-state index is 0.00633. The Morgan fingerprint density at radius 2 is 1.96 bits per heavy atom. The molecule has 0 bridgehead atoms. The first-order valence-corrected chi connectivity index (χ1v) is 9.42. The molecule has 6 nitrogen and oxygen atoms in total. The molecule has 25 heavy (non-hydrogen) atoms. The highest BCUT2D eigenvalue weighted by molar-refractivity contribution is 7.99. The fourth-order valence-electron chi connectivity index (χ4n) is 1.87. The smallest absolute Gasteiger partial charge is 0.230 e. The Labute approximate surface area is 157 Å². The van der Waals surface area contributed by atoms with Crippen LogP contribution >= 0.6 is 23.4 Å². The van der Waals surface area contributed by atoms with Gasteiger partial charge in [-0.25, -0.2) is 0 Å². The van der Waals surface area contributed by atoms with E-state index in [2.05, 4.69) is 29.4 Å². The lowest BCUT2D eigenvalue weighted by molar-refractivity contribution is -0.119. The third-order valence-electron chi connectivity index (χ3n) is 3.83. The minimum Gasteiger partial charge on any atom is -0.486 e. The minimum atomic E-state index is -0.00633. The third-order valence-corrected chi connectivity index (χ3v) is 5.10. The maximum atomic E-state index is 12.0. The molecular weight excluding hydrogens is 360 g/mol. The van der Waals surface area contributed by atoms with Gasteiger partial charge in [0.25, 0.3) is 0 Å². The Kier molecular flexibility index (Phi) is 7.13. The van der Waals surface area contributed by atoms with Gasteiger partial charge in [-0.15, -0.1) is 10.2 Å². The van der Waals surface area contributed by atoms with Crippen molar-refractivity contribution in [1.82, 2.24) is 20.1 Å². The van der Waals surface area contributed by atoms with E-state index in [0.717, 1.165) is 0 Å². The summed E-state index contributed by atoms with van der Waals surface area (Å²) in [4.78, 5) is 12.0. The van der Waals surface area contributed by atoms with Gasteiger partial charge in [0.15, 0.2) is 11.0 Å². The first-order chi connectivity index (χ1) is 11.9. The molecule has 1 aromatic heterocycles. The number of aromatic nitrogens is 3. The van der Waals surface area contributed by atoms with Crippen molar-refractivity contribution >= 4 is 29.3 Å². The van der Waals surface area contributed by atoms with Crippen molar-refractivity contribution in [2.24, 2.45) is 13.0 Å². The van der Waals surface area contributed by atoms with Gasteiger partial charge in [-0.2, -0.15) is 0 Å². The summed E-state index contributed by atoms with van der Waals surface area (Å²) in [6, 6.07) is 7.29. The topological polar surface area (TPSA) is 69.0 Å². The molecule has 0 saturated carbocycles. The number of thioether (sulfide) groups is 1. The number of carbonyl (C=O) groups excluding carboxylic acids is 1. The molecule has 0 radical (unpaired) electrons. The molecule has 0 aliphatic rings. The Balaban J connectivity index is 1.85. The average Bonchev–Trinajstić information content (AvgIpc) is 2.92. The average molecular weight is 383 g/mol. The van der Waals surface area contributed by atoms with Crippen LogP contribution in [0.1, 0.15) is 26.6 Å². The zero-order valence-electron chi connectivity index (χ0n) is 14.8. The number of nitrogens with zero attached hydrogens (tertiary/aromatic N) is 3. The summed E-state index contributed by atoms with van der Waals surface area (Å²) in [7, 11) is 1.86. The Hall–Kier alpha value is -1.73. The number of carbonyl (C=O) groups is 1. The zero-order chi connectivity index (χ0) is 18.4. The Bertz CT molecular complexity index is 703. The van der Waals surface area contributed by atoms with Gasteiger partial charge < -0.3 is 14.6 Å². The van der Waals surface area contributed by atoms with Crippen molar-refractivity contribution in [3.8, 4) is 5.75 Å². The van der Waals surface area contributed by atoms with Crippen molar-refractivity contribution in [2.75, 3.05) is 5.75 Å². The first kappa shape index (κ1) is 19.6. The zero-order valence-corrected chi connectivity index (χ0v) is 16.4. The first-order valence-electron chi connectivity index (χ1n) is 8.05. The van der Waals surface area contributed by atoms with Crippen LogP contribution in [0, 0.1) is 5.92 Å². The van der Waals surface area contributed by atoms with Crippen LogP contribution in [0.3, 0.4) is 0 Å². The molecule has 2 rings (SSSR count). The van der Waals surface area contributed by atoms with Crippen LogP contribution in [0.25, 0.3) is 0 Å². The van der Waals surface area contributed by atoms with Crippen LogP contribution in [-0.4, -0.2) is 32.5 Å². The van der Waals surface area contributed by atoms with Gasteiger partial charge in [0.05, 0.1) is 5.75 Å². The lowest BCUT2D eigenvalue weighted by atomic mass is 10.1. The largest absolute Gasteiger partial charge is 0.486 e. The molecule has 0 spiro atoms. The van der Waals surface area contributed by atoms with Gasteiger partial charge in [0.2, 0.25) is 5.91 Å². The second kappa shape index (κ2) is 9.10. The lowest BCUT2D eigenvalue weighted by Crippen LogP contribution is -2.37. The molecule has 1 aromatic carbocycles. The molecule has 2 aromatic rings. The van der Waals surface area contributed by atoms with E-state index in [1.54, 1.807) is 24.3 Å². The standard InChI is InChI=1S/C17H23ClN4O2S/c1-11(2)12(3)19-16(23)10-25-17-21-20-15(22(17)4)9-24-14-7-5-13(18)6-8-14/h5-8,11-12H,9-10H2,1-4H3,(H,19,23)/t12-/m0/s1. The van der Waals surface area contributed by atoms with Gasteiger partial charge in [0.1, 0.15) is 12.4 Å². The number of halogens is 1. The molecule has 1 N–H and O–H groups in total. The molecule has 1 amide bonds. The number of benzene rings is 1. The molecule has 0 fully saturated rings. The molecule has 0 unspecified atom stereocenters. The van der Waals surface area contributed by atoms with Gasteiger partial charge in [-0.05, 0) is 37.1 Å². The molecular formula is C17H23ClN4O2S. The van der Waals surface area contributed by atoms with Gasteiger partial charge in [0, 0.05) is 18.1 Å². The Morgan fingerprint density at radius 1 is 1.28 bits per heavy atom. The number of amides is 1. The quantitative estimate of drug-likeness (QED) is 0.709. The fraction of sp³-hybridized carbons (Fsp3) is 0.471. The molecule has 8 heteroatoms. The van der Waals surface area contributed by atoms with Crippen molar-refractivity contribution in [1.29, 1.82) is 0 Å². The second-order valence-electron chi connectivity index (χ2n) is 6.09. The maximum Gasteiger partial charge on any atom is 0.230 e. The number of rotatable bonds is 8. The van der Waals surface area contributed by atoms with E-state index in [1.807, 2.05) is 18.5 Å². The van der Waals surface area contributed by atoms with E-state index in [4.69, 9.17) is 16.3 Å². The highest BCUT2D eigenvalue weighted by Crippen LogP contribution is 2.19. The van der Waals surface area contributed by atoms with E-state index >= 15 is 0 Å². The number of hydrogen-bond donors (Lipinski definition) is 1. The highest BCUT2D eigenvalue weighted by atomic mass is 35.5. The normalized spacial score (nSPS) is 12.2. The van der Waals surface area contributed by atoms with Gasteiger partial charge in [-0.1, -0.05) is 37.2 Å². The van der Waals surface area contributed by atoms with E-state index < -0.39 is 0 Å². The van der Waals surface area contributed by atoms with E-state index in [9.17, 15) is 4.79 Å². The molecule has 1 heterocycles. The molecule has 0 saturated heterocycles. The van der Waals surface area contributed by atoms with E-state index in [1.165, 1.54) is 11.8 Å².